The second-order valence-electron chi connectivity index (χ2n) is 13.4. The van der Waals surface area contributed by atoms with Crippen LogP contribution in [0.5, 0.6) is 0 Å². The molecule has 3 heteroatoms. The van der Waals surface area contributed by atoms with E-state index in [0.29, 0.717) is 0 Å². The highest BCUT2D eigenvalue weighted by molar-refractivity contribution is 7.25. The van der Waals surface area contributed by atoms with E-state index in [1.165, 1.54) is 70.1 Å². The van der Waals surface area contributed by atoms with Gasteiger partial charge in [-0.25, -0.2) is 0 Å². The Kier molecular flexibility index (Phi) is 7.00. The van der Waals surface area contributed by atoms with Crippen molar-refractivity contribution in [1.82, 2.24) is 0 Å². The lowest BCUT2D eigenvalue weighted by molar-refractivity contribution is 1.27. The van der Waals surface area contributed by atoms with E-state index >= 15 is 0 Å². The van der Waals surface area contributed by atoms with Gasteiger partial charge in [-0.3, -0.25) is 0 Å². The predicted molar refractivity (Wildman–Crippen MR) is 219 cm³/mol. The molecule has 0 saturated carbocycles. The number of rotatable bonds is 6. The van der Waals surface area contributed by atoms with Crippen molar-refractivity contribution in [1.29, 1.82) is 0 Å². The topological polar surface area (TPSA) is 6.48 Å². The smallest absolute Gasteiger partial charge is 0.0546 e. The van der Waals surface area contributed by atoms with Crippen molar-refractivity contribution < 1.29 is 0 Å². The van der Waals surface area contributed by atoms with E-state index in [4.69, 9.17) is 0 Å². The van der Waals surface area contributed by atoms with Crippen molar-refractivity contribution in [3.63, 3.8) is 0 Å². The van der Waals surface area contributed by atoms with Crippen molar-refractivity contribution >= 4 is 76.4 Å². The summed E-state index contributed by atoms with van der Waals surface area (Å²) in [6, 6.07) is 64.2. The third-order valence-corrected chi connectivity index (χ3v) is 11.5. The third kappa shape index (κ3) is 4.92. The van der Waals surface area contributed by atoms with Crippen LogP contribution in [-0.2, 0) is 6.42 Å². The SMILES string of the molecule is Cc1cc(N(c2ccccc2)c2cc3c(c4ccccc24)Cc2ccccc2-3)cc2sc3ccc(N(c4ccccc4)c4ccccc4)cc3c12. The van der Waals surface area contributed by atoms with Gasteiger partial charge in [0.2, 0.25) is 0 Å². The second kappa shape index (κ2) is 12.0. The number of para-hydroxylation sites is 3. The molecule has 0 amide bonds. The molecule has 9 aromatic rings. The normalized spacial score (nSPS) is 11.9. The molecule has 1 aromatic heterocycles. The average molecular weight is 671 g/mol. The third-order valence-electron chi connectivity index (χ3n) is 10.3. The zero-order valence-electron chi connectivity index (χ0n) is 28.3. The highest BCUT2D eigenvalue weighted by atomic mass is 32.1. The Balaban J connectivity index is 1.17. The Labute approximate surface area is 302 Å². The molecule has 0 radical (unpaired) electrons. The van der Waals surface area contributed by atoms with Crippen LogP contribution in [-0.4, -0.2) is 0 Å². The Morgan fingerprint density at radius 1 is 0.431 bits per heavy atom. The van der Waals surface area contributed by atoms with Gasteiger partial charge in [-0.1, -0.05) is 103 Å². The average Bonchev–Trinajstić information content (AvgIpc) is 3.75. The number of hydrogen-bond donors (Lipinski definition) is 0. The lowest BCUT2D eigenvalue weighted by Gasteiger charge is -2.28. The molecule has 0 unspecified atom stereocenters. The minimum atomic E-state index is 0.971. The lowest BCUT2D eigenvalue weighted by atomic mass is 9.96. The van der Waals surface area contributed by atoms with Crippen molar-refractivity contribution in [2.75, 3.05) is 9.80 Å². The predicted octanol–water partition coefficient (Wildman–Crippen LogP) is 14.0. The molecule has 8 aromatic carbocycles. The summed E-state index contributed by atoms with van der Waals surface area (Å²) in [6.07, 6.45) is 0.971. The number of benzene rings is 8. The van der Waals surface area contributed by atoms with Gasteiger partial charge in [-0.05, 0) is 119 Å². The molecule has 0 N–H and O–H groups in total. The van der Waals surface area contributed by atoms with E-state index < -0.39 is 0 Å². The summed E-state index contributed by atoms with van der Waals surface area (Å²) in [4.78, 5) is 4.82. The first-order valence-electron chi connectivity index (χ1n) is 17.6. The van der Waals surface area contributed by atoms with Gasteiger partial charge in [-0.2, -0.15) is 0 Å². The molecule has 10 rings (SSSR count). The van der Waals surface area contributed by atoms with Crippen molar-refractivity contribution in [2.45, 2.75) is 13.3 Å². The monoisotopic (exact) mass is 670 g/mol. The maximum Gasteiger partial charge on any atom is 0.0546 e. The second-order valence-corrected chi connectivity index (χ2v) is 14.5. The Morgan fingerprint density at radius 3 is 1.75 bits per heavy atom. The van der Waals surface area contributed by atoms with E-state index in [0.717, 1.165) is 29.2 Å². The molecular formula is C48H34N2S. The van der Waals surface area contributed by atoms with Crippen molar-refractivity contribution in [3.8, 4) is 11.1 Å². The summed E-state index contributed by atoms with van der Waals surface area (Å²) >= 11 is 1.88. The van der Waals surface area contributed by atoms with Gasteiger partial charge in [0.05, 0.1) is 5.69 Å². The zero-order chi connectivity index (χ0) is 33.9. The quantitative estimate of drug-likeness (QED) is 0.174. The summed E-state index contributed by atoms with van der Waals surface area (Å²) in [5.74, 6) is 0. The maximum absolute atomic E-state index is 2.47. The van der Waals surface area contributed by atoms with Crippen molar-refractivity contribution in [3.05, 3.63) is 193 Å². The molecule has 1 heterocycles. The van der Waals surface area contributed by atoms with E-state index in [1.807, 2.05) is 11.3 Å². The van der Waals surface area contributed by atoms with Crippen LogP contribution in [0.25, 0.3) is 42.1 Å². The minimum absolute atomic E-state index is 0.971. The lowest BCUT2D eigenvalue weighted by Crippen LogP contribution is -2.11. The van der Waals surface area contributed by atoms with Crippen LogP contribution in [0.4, 0.5) is 34.1 Å². The number of aryl methyl sites for hydroxylation is 1. The summed E-state index contributed by atoms with van der Waals surface area (Å²) in [5, 5.41) is 5.21. The minimum Gasteiger partial charge on any atom is -0.310 e. The number of fused-ring (bicyclic) bond motifs is 8. The number of nitrogens with zero attached hydrogens (tertiary/aromatic N) is 2. The molecule has 0 bridgehead atoms. The van der Waals surface area contributed by atoms with Crippen LogP contribution in [0.2, 0.25) is 0 Å². The van der Waals surface area contributed by atoms with E-state index in [9.17, 15) is 0 Å². The van der Waals surface area contributed by atoms with Crippen molar-refractivity contribution in [2.24, 2.45) is 0 Å². The Morgan fingerprint density at radius 2 is 1.04 bits per heavy atom. The summed E-state index contributed by atoms with van der Waals surface area (Å²) in [6.45, 7) is 2.27. The molecule has 1 aliphatic rings. The fourth-order valence-corrected chi connectivity index (χ4v) is 9.31. The van der Waals surface area contributed by atoms with Gasteiger partial charge in [0.15, 0.2) is 0 Å². The highest BCUT2D eigenvalue weighted by Gasteiger charge is 2.26. The first-order valence-corrected chi connectivity index (χ1v) is 18.4. The number of hydrogen-bond acceptors (Lipinski definition) is 3. The summed E-state index contributed by atoms with van der Waals surface area (Å²) < 4.78 is 2.58. The molecule has 242 valence electrons. The van der Waals surface area contributed by atoms with Crippen LogP contribution in [0.15, 0.2) is 176 Å². The molecule has 51 heavy (non-hydrogen) atoms. The molecule has 0 spiro atoms. The molecular weight excluding hydrogens is 637 g/mol. The zero-order valence-corrected chi connectivity index (χ0v) is 29.1. The maximum atomic E-state index is 2.47. The van der Waals surface area contributed by atoms with Gasteiger partial charge in [0.1, 0.15) is 0 Å². The largest absolute Gasteiger partial charge is 0.310 e. The number of thiophene rings is 1. The standard InChI is InChI=1S/C48H34N2S/c1-32-27-38(30-47-48(32)44-29-37(25-26-46(44)51-47)49(34-16-5-2-6-17-34)35-18-7-3-8-19-35)50(36-20-9-4-10-21-36)45-31-43-39-22-12-11-15-33(39)28-42(43)40-23-13-14-24-41(40)45/h2-27,29-31H,28H2,1H3. The van der Waals surface area contributed by atoms with E-state index in [2.05, 4.69) is 193 Å². The first kappa shape index (κ1) is 29.7. The fraction of sp³-hybridized carbons (Fsp3) is 0.0417. The van der Waals surface area contributed by atoms with Crippen LogP contribution >= 0.6 is 11.3 Å². The van der Waals surface area contributed by atoms with Gasteiger partial charge >= 0.3 is 0 Å². The molecule has 0 atom stereocenters. The molecule has 0 aliphatic heterocycles. The molecule has 2 nitrogen and oxygen atoms in total. The van der Waals surface area contributed by atoms with Crippen LogP contribution < -0.4 is 9.80 Å². The molecule has 0 saturated heterocycles. The van der Waals surface area contributed by atoms with Gasteiger partial charge in [0.25, 0.3) is 0 Å². The van der Waals surface area contributed by atoms with Crippen LogP contribution in [0.3, 0.4) is 0 Å². The first-order chi connectivity index (χ1) is 25.2. The van der Waals surface area contributed by atoms with E-state index in [-0.39, 0.29) is 0 Å². The van der Waals surface area contributed by atoms with Gasteiger partial charge < -0.3 is 9.80 Å². The summed E-state index contributed by atoms with van der Waals surface area (Å²) in [5.41, 5.74) is 13.8. The molecule has 1 aliphatic carbocycles. The summed E-state index contributed by atoms with van der Waals surface area (Å²) in [7, 11) is 0. The Hall–Kier alpha value is -6.16. The highest BCUT2D eigenvalue weighted by Crippen LogP contribution is 2.49. The Bertz CT molecular complexity index is 2690. The van der Waals surface area contributed by atoms with Gasteiger partial charge in [-0.15, -0.1) is 11.3 Å². The van der Waals surface area contributed by atoms with Crippen LogP contribution in [0, 0.1) is 6.92 Å². The molecule has 0 fully saturated rings. The number of anilines is 6. The fourth-order valence-electron chi connectivity index (χ4n) is 8.12. The van der Waals surface area contributed by atoms with Gasteiger partial charge in [0, 0.05) is 54.0 Å². The van der Waals surface area contributed by atoms with Crippen LogP contribution in [0.1, 0.15) is 16.7 Å². The van der Waals surface area contributed by atoms with E-state index in [1.54, 1.807) is 0 Å².